The summed E-state index contributed by atoms with van der Waals surface area (Å²) in [5, 5.41) is 9.86. The lowest BCUT2D eigenvalue weighted by molar-refractivity contribution is -0.137. The van der Waals surface area contributed by atoms with Crippen molar-refractivity contribution < 1.29 is 23.1 Å². The summed E-state index contributed by atoms with van der Waals surface area (Å²) >= 11 is 0. The van der Waals surface area contributed by atoms with Gasteiger partial charge >= 0.3 is 12.1 Å². The Morgan fingerprint density at radius 3 is 2.46 bits per heavy atom. The molecule has 0 saturated heterocycles. The van der Waals surface area contributed by atoms with Gasteiger partial charge in [0.15, 0.2) is 0 Å². The summed E-state index contributed by atoms with van der Waals surface area (Å²) in [6.07, 6.45) is -2.87. The first-order valence-corrected chi connectivity index (χ1v) is 7.35. The molecule has 0 radical (unpaired) electrons. The fourth-order valence-corrected chi connectivity index (χ4v) is 2.78. The van der Waals surface area contributed by atoms with Gasteiger partial charge in [-0.15, -0.1) is 0 Å². The summed E-state index contributed by atoms with van der Waals surface area (Å²) < 4.78 is 40.4. The Morgan fingerprint density at radius 2 is 1.83 bits per heavy atom. The number of halogens is 3. The number of aromatic carboxylic acids is 1. The van der Waals surface area contributed by atoms with Crippen LogP contribution in [0.2, 0.25) is 0 Å². The molecule has 24 heavy (non-hydrogen) atoms. The number of hydrogen-bond acceptors (Lipinski definition) is 1. The van der Waals surface area contributed by atoms with Crippen LogP contribution in [0.3, 0.4) is 0 Å². The SMILES string of the molecule is CCn1cc(C(=O)O)c2cc(-c3cccc(C(F)(F)F)c3)ccc21. The summed E-state index contributed by atoms with van der Waals surface area (Å²) in [4.78, 5) is 11.4. The predicted molar refractivity (Wildman–Crippen MR) is 85.0 cm³/mol. The minimum Gasteiger partial charge on any atom is -0.478 e. The minimum atomic E-state index is -4.42. The first kappa shape index (κ1) is 16.1. The monoisotopic (exact) mass is 333 g/mol. The predicted octanol–water partition coefficient (Wildman–Crippen LogP) is 5.05. The molecule has 1 N–H and O–H groups in total. The number of carboxylic acid groups (broad SMARTS) is 1. The third-order valence-corrected chi connectivity index (χ3v) is 3.98. The maximum Gasteiger partial charge on any atom is 0.416 e. The quantitative estimate of drug-likeness (QED) is 0.729. The normalized spacial score (nSPS) is 11.8. The molecule has 1 aromatic heterocycles. The summed E-state index contributed by atoms with van der Waals surface area (Å²) in [6.45, 7) is 2.50. The second kappa shape index (κ2) is 5.70. The average molecular weight is 333 g/mol. The molecule has 0 aliphatic carbocycles. The topological polar surface area (TPSA) is 42.2 Å². The van der Waals surface area contributed by atoms with E-state index in [1.54, 1.807) is 35.0 Å². The van der Waals surface area contributed by atoms with E-state index in [1.807, 2.05) is 6.92 Å². The van der Waals surface area contributed by atoms with Gasteiger partial charge in [-0.05, 0) is 42.3 Å². The van der Waals surface area contributed by atoms with E-state index < -0.39 is 17.7 Å². The zero-order valence-electron chi connectivity index (χ0n) is 12.8. The van der Waals surface area contributed by atoms with Gasteiger partial charge in [-0.1, -0.05) is 18.2 Å². The van der Waals surface area contributed by atoms with Crippen LogP contribution < -0.4 is 0 Å². The third kappa shape index (κ3) is 2.75. The number of aryl methyl sites for hydroxylation is 1. The molecule has 1 heterocycles. The van der Waals surface area contributed by atoms with Crippen molar-refractivity contribution >= 4 is 16.9 Å². The molecule has 0 atom stereocenters. The molecule has 0 unspecified atom stereocenters. The Labute approximate surface area is 136 Å². The van der Waals surface area contributed by atoms with E-state index in [0.29, 0.717) is 23.1 Å². The van der Waals surface area contributed by atoms with Crippen molar-refractivity contribution in [3.8, 4) is 11.1 Å². The summed E-state index contributed by atoms with van der Waals surface area (Å²) in [7, 11) is 0. The van der Waals surface area contributed by atoms with E-state index in [9.17, 15) is 23.1 Å². The van der Waals surface area contributed by atoms with Gasteiger partial charge < -0.3 is 9.67 Å². The highest BCUT2D eigenvalue weighted by molar-refractivity contribution is 6.04. The summed E-state index contributed by atoms with van der Waals surface area (Å²) in [6, 6.07) is 10.1. The lowest BCUT2D eigenvalue weighted by Crippen LogP contribution is -2.04. The largest absolute Gasteiger partial charge is 0.478 e. The lowest BCUT2D eigenvalue weighted by Gasteiger charge is -2.09. The van der Waals surface area contributed by atoms with Gasteiger partial charge in [0, 0.05) is 23.6 Å². The zero-order valence-corrected chi connectivity index (χ0v) is 12.8. The molecule has 0 amide bonds. The summed E-state index contributed by atoms with van der Waals surface area (Å²) in [5.41, 5.74) is 1.09. The molecule has 0 aliphatic rings. The van der Waals surface area contributed by atoms with Gasteiger partial charge in [0.1, 0.15) is 0 Å². The van der Waals surface area contributed by atoms with Crippen LogP contribution in [-0.4, -0.2) is 15.6 Å². The molecule has 0 bridgehead atoms. The molecular weight excluding hydrogens is 319 g/mol. The maximum absolute atomic E-state index is 12.9. The molecule has 3 aromatic rings. The highest BCUT2D eigenvalue weighted by Crippen LogP contribution is 2.33. The van der Waals surface area contributed by atoms with Crippen molar-refractivity contribution in [2.75, 3.05) is 0 Å². The average Bonchev–Trinajstić information content (AvgIpc) is 2.92. The summed E-state index contributed by atoms with van der Waals surface area (Å²) in [5.74, 6) is -1.06. The number of aromatic nitrogens is 1. The fourth-order valence-electron chi connectivity index (χ4n) is 2.78. The van der Waals surface area contributed by atoms with Crippen LogP contribution >= 0.6 is 0 Å². The minimum absolute atomic E-state index is 0.140. The molecule has 0 aliphatic heterocycles. The highest BCUT2D eigenvalue weighted by Gasteiger charge is 2.30. The number of alkyl halides is 3. The van der Waals surface area contributed by atoms with E-state index in [-0.39, 0.29) is 5.56 Å². The number of rotatable bonds is 3. The number of nitrogens with zero attached hydrogens (tertiary/aromatic N) is 1. The number of hydrogen-bond donors (Lipinski definition) is 1. The Morgan fingerprint density at radius 1 is 1.12 bits per heavy atom. The Bertz CT molecular complexity index is 926. The van der Waals surface area contributed by atoms with Crippen molar-refractivity contribution in [2.24, 2.45) is 0 Å². The molecule has 3 rings (SSSR count). The van der Waals surface area contributed by atoms with Gasteiger partial charge in [0.05, 0.1) is 11.1 Å². The number of carboxylic acids is 1. The van der Waals surface area contributed by atoms with Crippen molar-refractivity contribution in [3.63, 3.8) is 0 Å². The molecule has 6 heteroatoms. The van der Waals surface area contributed by atoms with Crippen LogP contribution in [0.25, 0.3) is 22.0 Å². The van der Waals surface area contributed by atoms with E-state index in [0.717, 1.165) is 17.6 Å². The van der Waals surface area contributed by atoms with Crippen LogP contribution in [-0.2, 0) is 12.7 Å². The zero-order chi connectivity index (χ0) is 17.5. The van der Waals surface area contributed by atoms with Crippen LogP contribution in [0.5, 0.6) is 0 Å². The molecule has 0 saturated carbocycles. The van der Waals surface area contributed by atoms with Crippen molar-refractivity contribution in [1.29, 1.82) is 0 Å². The highest BCUT2D eigenvalue weighted by atomic mass is 19.4. The number of benzene rings is 2. The first-order valence-electron chi connectivity index (χ1n) is 7.35. The van der Waals surface area contributed by atoms with Crippen LogP contribution in [0.4, 0.5) is 13.2 Å². The van der Waals surface area contributed by atoms with Gasteiger partial charge in [0.25, 0.3) is 0 Å². The van der Waals surface area contributed by atoms with E-state index in [2.05, 4.69) is 0 Å². The van der Waals surface area contributed by atoms with Crippen LogP contribution in [0.1, 0.15) is 22.8 Å². The molecule has 3 nitrogen and oxygen atoms in total. The van der Waals surface area contributed by atoms with E-state index in [4.69, 9.17) is 0 Å². The third-order valence-electron chi connectivity index (χ3n) is 3.98. The lowest BCUT2D eigenvalue weighted by atomic mass is 10.0. The molecular formula is C18H14F3NO2. The van der Waals surface area contributed by atoms with Crippen LogP contribution in [0, 0.1) is 0 Å². The van der Waals surface area contributed by atoms with Gasteiger partial charge in [-0.25, -0.2) is 4.79 Å². The standard InChI is InChI=1S/C18H14F3NO2/c1-2-22-10-15(17(23)24)14-9-12(6-7-16(14)22)11-4-3-5-13(8-11)18(19,20)21/h3-10H,2H2,1H3,(H,23,24). The molecule has 2 aromatic carbocycles. The molecule has 0 spiro atoms. The smallest absolute Gasteiger partial charge is 0.416 e. The fraction of sp³-hybridized carbons (Fsp3) is 0.167. The maximum atomic E-state index is 12.9. The number of fused-ring (bicyclic) bond motifs is 1. The Hall–Kier alpha value is -2.76. The van der Waals surface area contributed by atoms with Gasteiger partial charge in [-0.3, -0.25) is 0 Å². The van der Waals surface area contributed by atoms with Gasteiger partial charge in [0.2, 0.25) is 0 Å². The van der Waals surface area contributed by atoms with Crippen molar-refractivity contribution in [2.45, 2.75) is 19.6 Å². The molecule has 124 valence electrons. The Kier molecular flexibility index (Phi) is 3.83. The first-order chi connectivity index (χ1) is 11.3. The van der Waals surface area contributed by atoms with E-state index in [1.165, 1.54) is 6.07 Å². The second-order valence-electron chi connectivity index (χ2n) is 5.44. The number of carbonyl (C=O) groups is 1. The van der Waals surface area contributed by atoms with Crippen LogP contribution in [0.15, 0.2) is 48.7 Å². The van der Waals surface area contributed by atoms with Crippen molar-refractivity contribution in [1.82, 2.24) is 4.57 Å². The Balaban J connectivity index is 2.18. The molecule has 0 fully saturated rings. The van der Waals surface area contributed by atoms with Crippen molar-refractivity contribution in [3.05, 3.63) is 59.8 Å². The van der Waals surface area contributed by atoms with E-state index >= 15 is 0 Å². The second-order valence-corrected chi connectivity index (χ2v) is 5.44. The van der Waals surface area contributed by atoms with Gasteiger partial charge in [-0.2, -0.15) is 13.2 Å².